The quantitative estimate of drug-likeness (QED) is 0.541. The molecule has 3 atom stereocenters. The van der Waals surface area contributed by atoms with E-state index in [1.807, 2.05) is 13.8 Å². The first-order valence-corrected chi connectivity index (χ1v) is 4.32. The van der Waals surface area contributed by atoms with Crippen molar-refractivity contribution in [2.24, 2.45) is 0 Å². The monoisotopic (exact) mass is 189 g/mol. The number of ether oxygens (including phenoxy) is 1. The summed E-state index contributed by atoms with van der Waals surface area (Å²) < 4.78 is 5.30. The molecule has 0 spiro atoms. The predicted octanol–water partition coefficient (Wildman–Crippen LogP) is -0.803. The van der Waals surface area contributed by atoms with Crippen LogP contribution in [0, 0.1) is 0 Å². The minimum absolute atomic E-state index is 0.0820. The lowest BCUT2D eigenvalue weighted by Crippen LogP contribution is -2.43. The van der Waals surface area contributed by atoms with E-state index in [1.165, 1.54) is 0 Å². The van der Waals surface area contributed by atoms with Crippen LogP contribution in [0.1, 0.15) is 13.8 Å². The molecule has 1 aliphatic rings. The molecule has 2 unspecified atom stereocenters. The molecule has 1 heterocycles. The number of rotatable bonds is 3. The first-order chi connectivity index (χ1) is 6.02. The number of aliphatic hydroxyl groups is 1. The highest BCUT2D eigenvalue weighted by molar-refractivity contribution is 5.75. The van der Waals surface area contributed by atoms with Gasteiger partial charge in [-0.05, 0) is 13.8 Å². The molecule has 0 radical (unpaired) electrons. The van der Waals surface area contributed by atoms with Gasteiger partial charge in [0.1, 0.15) is 12.1 Å². The Hall–Kier alpha value is -0.650. The van der Waals surface area contributed by atoms with Gasteiger partial charge in [-0.25, -0.2) is 0 Å². The molecule has 1 saturated heterocycles. The van der Waals surface area contributed by atoms with Crippen LogP contribution in [-0.2, 0) is 9.53 Å². The summed E-state index contributed by atoms with van der Waals surface area (Å²) in [6, 6.07) is -0.794. The molecular weight excluding hydrogens is 174 g/mol. The lowest BCUT2D eigenvalue weighted by atomic mass is 10.1. The molecule has 0 amide bonds. The summed E-state index contributed by atoms with van der Waals surface area (Å²) >= 11 is 0. The van der Waals surface area contributed by atoms with Crippen molar-refractivity contribution in [3.8, 4) is 0 Å². The highest BCUT2D eigenvalue weighted by Crippen LogP contribution is 2.14. The number of nitrogens with one attached hydrogen (secondary N) is 1. The molecule has 1 aliphatic heterocycles. The third-order valence-corrected chi connectivity index (χ3v) is 1.95. The van der Waals surface area contributed by atoms with E-state index < -0.39 is 24.2 Å². The van der Waals surface area contributed by atoms with Crippen molar-refractivity contribution >= 4 is 5.97 Å². The Kier molecular flexibility index (Phi) is 3.24. The van der Waals surface area contributed by atoms with E-state index in [9.17, 15) is 9.90 Å². The minimum Gasteiger partial charge on any atom is -0.480 e. The van der Waals surface area contributed by atoms with Crippen LogP contribution in [0.25, 0.3) is 0 Å². The molecule has 1 rings (SSSR count). The van der Waals surface area contributed by atoms with Crippen molar-refractivity contribution in [3.05, 3.63) is 0 Å². The van der Waals surface area contributed by atoms with E-state index in [-0.39, 0.29) is 12.6 Å². The van der Waals surface area contributed by atoms with Crippen LogP contribution in [0.3, 0.4) is 0 Å². The van der Waals surface area contributed by atoms with Gasteiger partial charge in [0, 0.05) is 6.54 Å². The number of β-amino-alcohol motifs (C(OH)–C–C–N with tert-alkyl or cyclic N) is 1. The summed E-state index contributed by atoms with van der Waals surface area (Å²) in [6.45, 7) is 3.89. The Balaban J connectivity index is 2.60. The van der Waals surface area contributed by atoms with Gasteiger partial charge < -0.3 is 14.9 Å². The van der Waals surface area contributed by atoms with Crippen molar-refractivity contribution in [1.82, 2.24) is 5.32 Å². The molecule has 0 saturated carbocycles. The smallest absolute Gasteiger partial charge is 0.323 e. The van der Waals surface area contributed by atoms with Gasteiger partial charge in [0.15, 0.2) is 0 Å². The van der Waals surface area contributed by atoms with Crippen LogP contribution >= 0.6 is 0 Å². The van der Waals surface area contributed by atoms with Crippen molar-refractivity contribution in [2.75, 3.05) is 6.54 Å². The molecule has 5 heteroatoms. The van der Waals surface area contributed by atoms with Gasteiger partial charge in [-0.3, -0.25) is 10.1 Å². The molecule has 0 aromatic carbocycles. The lowest BCUT2D eigenvalue weighted by molar-refractivity contribution is -0.145. The van der Waals surface area contributed by atoms with E-state index >= 15 is 0 Å². The highest BCUT2D eigenvalue weighted by Gasteiger charge is 2.40. The fraction of sp³-hybridized carbons (Fsp3) is 0.875. The number of hydrogen-bond acceptors (Lipinski definition) is 4. The topological polar surface area (TPSA) is 78.8 Å². The number of aliphatic hydroxyl groups excluding tert-OH is 1. The van der Waals surface area contributed by atoms with Gasteiger partial charge in [-0.1, -0.05) is 0 Å². The fourth-order valence-corrected chi connectivity index (χ4v) is 1.41. The minimum atomic E-state index is -0.984. The third kappa shape index (κ3) is 2.40. The highest BCUT2D eigenvalue weighted by atomic mass is 16.5. The zero-order valence-corrected chi connectivity index (χ0v) is 7.73. The standard InChI is InChI=1S/C8H15NO4/c1-4(2)13-7-5(10)3-9-6(7)8(11)12/h4-7,9-10H,3H2,1-2H3,(H,11,12)/t5?,6-,7?/m0/s1. The number of carbonyl (C=O) groups is 1. The van der Waals surface area contributed by atoms with Gasteiger partial charge in [-0.2, -0.15) is 0 Å². The Morgan fingerprint density at radius 3 is 2.69 bits per heavy atom. The molecule has 13 heavy (non-hydrogen) atoms. The molecule has 0 aromatic heterocycles. The molecule has 0 aliphatic carbocycles. The SMILES string of the molecule is CC(C)OC1C(O)CN[C@@H]1C(=O)O. The predicted molar refractivity (Wildman–Crippen MR) is 45.4 cm³/mol. The van der Waals surface area contributed by atoms with E-state index in [4.69, 9.17) is 9.84 Å². The Labute approximate surface area is 76.7 Å². The van der Waals surface area contributed by atoms with Crippen molar-refractivity contribution in [1.29, 1.82) is 0 Å². The van der Waals surface area contributed by atoms with Crippen LogP contribution in [0.2, 0.25) is 0 Å². The molecule has 0 aromatic rings. The van der Waals surface area contributed by atoms with Crippen LogP contribution in [-0.4, -0.2) is 47.1 Å². The van der Waals surface area contributed by atoms with Gasteiger partial charge in [-0.15, -0.1) is 0 Å². The number of carboxylic acid groups (broad SMARTS) is 1. The first-order valence-electron chi connectivity index (χ1n) is 4.32. The molecule has 3 N–H and O–H groups in total. The van der Waals surface area contributed by atoms with Crippen molar-refractivity contribution in [3.63, 3.8) is 0 Å². The molecular formula is C8H15NO4. The van der Waals surface area contributed by atoms with E-state index in [1.54, 1.807) is 0 Å². The zero-order chi connectivity index (χ0) is 10.0. The maximum absolute atomic E-state index is 10.7. The summed E-state index contributed by atoms with van der Waals surface area (Å²) in [5, 5.41) is 20.9. The zero-order valence-electron chi connectivity index (χ0n) is 7.73. The van der Waals surface area contributed by atoms with E-state index in [0.29, 0.717) is 0 Å². The Morgan fingerprint density at radius 1 is 1.62 bits per heavy atom. The third-order valence-electron chi connectivity index (χ3n) is 1.95. The summed E-state index contributed by atoms with van der Waals surface area (Å²) in [7, 11) is 0. The molecule has 5 nitrogen and oxygen atoms in total. The number of carboxylic acids is 1. The van der Waals surface area contributed by atoms with Gasteiger partial charge in [0.05, 0.1) is 12.2 Å². The number of hydrogen-bond donors (Lipinski definition) is 3. The van der Waals surface area contributed by atoms with Crippen LogP contribution < -0.4 is 5.32 Å². The van der Waals surface area contributed by atoms with Gasteiger partial charge in [0.2, 0.25) is 0 Å². The van der Waals surface area contributed by atoms with Crippen LogP contribution in [0.15, 0.2) is 0 Å². The molecule has 1 fully saturated rings. The van der Waals surface area contributed by atoms with Crippen molar-refractivity contribution < 1.29 is 19.7 Å². The van der Waals surface area contributed by atoms with Gasteiger partial charge in [0.25, 0.3) is 0 Å². The van der Waals surface area contributed by atoms with Crippen LogP contribution in [0.4, 0.5) is 0 Å². The maximum Gasteiger partial charge on any atom is 0.323 e. The number of aliphatic carboxylic acids is 1. The second-order valence-electron chi connectivity index (χ2n) is 3.44. The molecule has 0 bridgehead atoms. The van der Waals surface area contributed by atoms with Gasteiger partial charge >= 0.3 is 5.97 Å². The Morgan fingerprint density at radius 2 is 2.23 bits per heavy atom. The van der Waals surface area contributed by atoms with Crippen LogP contribution in [0.5, 0.6) is 0 Å². The second-order valence-corrected chi connectivity index (χ2v) is 3.44. The first kappa shape index (κ1) is 10.4. The fourth-order valence-electron chi connectivity index (χ4n) is 1.41. The van der Waals surface area contributed by atoms with E-state index in [2.05, 4.69) is 5.32 Å². The maximum atomic E-state index is 10.7. The normalized spacial score (nSPS) is 34.0. The van der Waals surface area contributed by atoms with E-state index in [0.717, 1.165) is 0 Å². The molecule has 76 valence electrons. The van der Waals surface area contributed by atoms with Crippen molar-refractivity contribution in [2.45, 2.75) is 38.2 Å². The summed E-state index contributed by atoms with van der Waals surface area (Å²) in [5.74, 6) is -0.984. The average molecular weight is 189 g/mol. The largest absolute Gasteiger partial charge is 0.480 e. The second kappa shape index (κ2) is 4.04. The summed E-state index contributed by atoms with van der Waals surface area (Å²) in [6.07, 6.45) is -1.46. The Bertz CT molecular complexity index is 195. The lowest BCUT2D eigenvalue weighted by Gasteiger charge is -2.21. The average Bonchev–Trinajstić information content (AvgIpc) is 2.32. The summed E-state index contributed by atoms with van der Waals surface area (Å²) in [4.78, 5) is 10.7. The summed E-state index contributed by atoms with van der Waals surface area (Å²) in [5.41, 5.74) is 0.